The van der Waals surface area contributed by atoms with Crippen LogP contribution in [0.4, 0.5) is 10.1 Å². The first-order valence-corrected chi connectivity index (χ1v) is 8.57. The summed E-state index contributed by atoms with van der Waals surface area (Å²) in [5.74, 6) is 0.630. The largest absolute Gasteiger partial charge is 0.620 e. The Kier molecular flexibility index (Phi) is 4.05. The summed E-state index contributed by atoms with van der Waals surface area (Å²) < 4.78 is 18.7. The molecule has 0 saturated heterocycles. The van der Waals surface area contributed by atoms with Crippen molar-refractivity contribution in [3.8, 4) is 5.75 Å². The number of amidine groups is 1. The molecule has 0 radical (unpaired) electrons. The van der Waals surface area contributed by atoms with Gasteiger partial charge in [-0.2, -0.15) is 4.99 Å². The van der Waals surface area contributed by atoms with Crippen LogP contribution in [-0.2, 0) is 0 Å². The van der Waals surface area contributed by atoms with Crippen LogP contribution in [-0.4, -0.2) is 30.6 Å². The molecule has 2 aromatic rings. The third-order valence-corrected chi connectivity index (χ3v) is 4.75. The summed E-state index contributed by atoms with van der Waals surface area (Å²) in [7, 11) is 1.47. The minimum atomic E-state index is -0.785. The summed E-state index contributed by atoms with van der Waals surface area (Å²) in [4.78, 5) is 10.5. The molecule has 0 saturated carbocycles. The smallest absolute Gasteiger partial charge is 0.307 e. The Bertz CT molecular complexity index is 994. The third kappa shape index (κ3) is 3.11. The number of aryl methyl sites for hydroxylation is 1. The minimum absolute atomic E-state index is 0.264. The predicted molar refractivity (Wildman–Crippen MR) is 103 cm³/mol. The molecule has 4 rings (SSSR count). The monoisotopic (exact) mass is 366 g/mol. The number of aliphatic imine (C=N–C) groups is 2. The van der Waals surface area contributed by atoms with Crippen LogP contribution in [0.5, 0.6) is 5.75 Å². The maximum atomic E-state index is 13.4. The van der Waals surface area contributed by atoms with Gasteiger partial charge in [-0.15, -0.1) is 4.99 Å². The highest BCUT2D eigenvalue weighted by Crippen LogP contribution is 2.32. The highest BCUT2D eigenvalue weighted by molar-refractivity contribution is 5.95. The van der Waals surface area contributed by atoms with Crippen LogP contribution in [0.25, 0.3) is 0 Å². The standard InChI is InChI=1S/C20H19FN4O2/c1-13-5-4-6-18(14(13)2)27-20-23-19-17(22-12-25(19,3)26)11-24(20)16-9-7-15(21)8-10-16/h4-10,12H,11H2,1-3H3. The molecule has 0 fully saturated rings. The van der Waals surface area contributed by atoms with Gasteiger partial charge in [0.1, 0.15) is 17.3 Å². The zero-order valence-electron chi connectivity index (χ0n) is 15.3. The Balaban J connectivity index is 1.77. The average molecular weight is 366 g/mol. The van der Waals surface area contributed by atoms with E-state index in [1.807, 2.05) is 32.0 Å². The summed E-state index contributed by atoms with van der Waals surface area (Å²) in [6.07, 6.45) is 1.30. The molecule has 2 aliphatic heterocycles. The molecule has 0 bridgehead atoms. The van der Waals surface area contributed by atoms with E-state index in [2.05, 4.69) is 9.98 Å². The summed E-state index contributed by atoms with van der Waals surface area (Å²) in [5, 5.41) is 12.6. The molecule has 0 aromatic heterocycles. The van der Waals surface area contributed by atoms with E-state index in [-0.39, 0.29) is 11.8 Å². The number of anilines is 1. The van der Waals surface area contributed by atoms with Crippen LogP contribution >= 0.6 is 0 Å². The van der Waals surface area contributed by atoms with Crippen LogP contribution in [0.2, 0.25) is 0 Å². The molecule has 0 aliphatic carbocycles. The fourth-order valence-electron chi connectivity index (χ4n) is 3.03. The molecular formula is C20H19FN4O2. The first kappa shape index (κ1) is 17.4. The lowest BCUT2D eigenvalue weighted by molar-refractivity contribution is -0.714. The second kappa shape index (κ2) is 6.29. The van der Waals surface area contributed by atoms with Crippen LogP contribution in [0.3, 0.4) is 0 Å². The molecule has 2 aromatic carbocycles. The molecule has 0 N–H and O–H groups in total. The van der Waals surface area contributed by atoms with E-state index in [1.54, 1.807) is 17.0 Å². The van der Waals surface area contributed by atoms with Crippen molar-refractivity contribution in [2.75, 3.05) is 18.5 Å². The fraction of sp³-hybridized carbons (Fsp3) is 0.200. The van der Waals surface area contributed by atoms with Gasteiger partial charge >= 0.3 is 6.02 Å². The maximum absolute atomic E-state index is 13.4. The van der Waals surface area contributed by atoms with Crippen LogP contribution in [0.1, 0.15) is 11.1 Å². The van der Waals surface area contributed by atoms with E-state index in [0.717, 1.165) is 11.1 Å². The molecule has 6 nitrogen and oxygen atoms in total. The number of ether oxygens (including phenoxy) is 1. The van der Waals surface area contributed by atoms with E-state index >= 15 is 0 Å². The maximum Gasteiger partial charge on any atom is 0.307 e. The number of hydroxylamine groups is 3. The van der Waals surface area contributed by atoms with Crippen molar-refractivity contribution in [1.29, 1.82) is 0 Å². The molecule has 2 heterocycles. The molecule has 0 spiro atoms. The van der Waals surface area contributed by atoms with Crippen molar-refractivity contribution in [3.05, 3.63) is 76.1 Å². The van der Waals surface area contributed by atoms with Gasteiger partial charge < -0.3 is 9.94 Å². The minimum Gasteiger partial charge on any atom is -0.620 e. The molecule has 1 unspecified atom stereocenters. The summed E-state index contributed by atoms with van der Waals surface area (Å²) in [5.41, 5.74) is 3.35. The highest BCUT2D eigenvalue weighted by atomic mass is 19.1. The van der Waals surface area contributed by atoms with E-state index in [0.29, 0.717) is 29.5 Å². The van der Waals surface area contributed by atoms with Gasteiger partial charge in [0.25, 0.3) is 5.82 Å². The van der Waals surface area contributed by atoms with Gasteiger partial charge in [-0.05, 0) is 55.3 Å². The number of halogens is 1. The van der Waals surface area contributed by atoms with Gasteiger partial charge in [-0.1, -0.05) is 12.1 Å². The molecule has 7 heteroatoms. The van der Waals surface area contributed by atoms with E-state index < -0.39 is 4.65 Å². The van der Waals surface area contributed by atoms with Gasteiger partial charge in [0.05, 0.1) is 13.6 Å². The first-order chi connectivity index (χ1) is 12.8. The Morgan fingerprint density at radius 3 is 2.63 bits per heavy atom. The zero-order chi connectivity index (χ0) is 19.2. The Morgan fingerprint density at radius 2 is 1.89 bits per heavy atom. The topological polar surface area (TPSA) is 60.2 Å². The van der Waals surface area contributed by atoms with Crippen molar-refractivity contribution in [2.45, 2.75) is 13.8 Å². The Morgan fingerprint density at radius 1 is 1.15 bits per heavy atom. The summed E-state index contributed by atoms with van der Waals surface area (Å²) >= 11 is 0. The van der Waals surface area contributed by atoms with Crippen molar-refractivity contribution in [3.63, 3.8) is 0 Å². The SMILES string of the molecule is Cc1cccc(OC2=NC3=C(CN2c2ccc(F)cc2)N=C[N+]3(C)[O-])c1C. The third-order valence-electron chi connectivity index (χ3n) is 4.75. The van der Waals surface area contributed by atoms with E-state index in [9.17, 15) is 9.60 Å². The van der Waals surface area contributed by atoms with Crippen molar-refractivity contribution in [1.82, 2.24) is 0 Å². The Labute approximate surface area is 156 Å². The number of hydrogen-bond acceptors (Lipinski definition) is 5. The molecule has 1 atom stereocenters. The first-order valence-electron chi connectivity index (χ1n) is 8.57. The molecule has 0 amide bonds. The quantitative estimate of drug-likeness (QED) is 0.599. The van der Waals surface area contributed by atoms with Gasteiger partial charge in [-0.3, -0.25) is 9.55 Å². The highest BCUT2D eigenvalue weighted by Gasteiger charge is 2.35. The van der Waals surface area contributed by atoms with Gasteiger partial charge in [0.15, 0.2) is 6.34 Å². The molecule has 2 aliphatic rings. The summed E-state index contributed by atoms with van der Waals surface area (Å²) in [6.45, 7) is 4.28. The van der Waals surface area contributed by atoms with Crippen molar-refractivity contribution >= 4 is 18.0 Å². The number of hydrogen-bond donors (Lipinski definition) is 0. The number of quaternary nitrogens is 1. The summed E-state index contributed by atoms with van der Waals surface area (Å²) in [6, 6.07) is 12.1. The van der Waals surface area contributed by atoms with E-state index in [4.69, 9.17) is 4.74 Å². The zero-order valence-corrected chi connectivity index (χ0v) is 15.3. The van der Waals surface area contributed by atoms with E-state index in [1.165, 1.54) is 25.5 Å². The normalized spacial score (nSPS) is 21.4. The fourth-order valence-corrected chi connectivity index (χ4v) is 3.03. The molecular weight excluding hydrogens is 347 g/mol. The lowest BCUT2D eigenvalue weighted by Crippen LogP contribution is -2.42. The average Bonchev–Trinajstić information content (AvgIpc) is 2.93. The molecule has 27 heavy (non-hydrogen) atoms. The van der Waals surface area contributed by atoms with Crippen LogP contribution in [0.15, 0.2) is 64.0 Å². The number of benzene rings is 2. The number of nitrogens with zero attached hydrogens (tertiary/aromatic N) is 4. The lowest BCUT2D eigenvalue weighted by Gasteiger charge is -2.33. The van der Waals surface area contributed by atoms with Crippen LogP contribution < -0.4 is 9.64 Å². The van der Waals surface area contributed by atoms with Crippen molar-refractivity contribution in [2.24, 2.45) is 9.98 Å². The molecule has 138 valence electrons. The van der Waals surface area contributed by atoms with Gasteiger partial charge in [0, 0.05) is 5.69 Å². The van der Waals surface area contributed by atoms with Gasteiger partial charge in [-0.25, -0.2) is 4.39 Å². The van der Waals surface area contributed by atoms with Crippen LogP contribution in [0, 0.1) is 24.9 Å². The lowest BCUT2D eigenvalue weighted by atomic mass is 10.1. The number of rotatable bonds is 2. The van der Waals surface area contributed by atoms with Gasteiger partial charge in [0.2, 0.25) is 0 Å². The second-order valence-corrected chi connectivity index (χ2v) is 6.76. The Hall–Kier alpha value is -3.03. The second-order valence-electron chi connectivity index (χ2n) is 6.76. The van der Waals surface area contributed by atoms with Crippen molar-refractivity contribution < 1.29 is 13.8 Å². The predicted octanol–water partition coefficient (Wildman–Crippen LogP) is 3.85.